The number of pyridine rings is 1. The Morgan fingerprint density at radius 3 is 2.54 bits per heavy atom. The first-order valence-corrected chi connectivity index (χ1v) is 16.4. The van der Waals surface area contributed by atoms with Crippen molar-refractivity contribution in [2.75, 3.05) is 19.0 Å². The molecule has 1 saturated carbocycles. The first-order valence-electron chi connectivity index (χ1n) is 16.4. The number of amides is 1. The summed E-state index contributed by atoms with van der Waals surface area (Å²) < 4.78 is 81.9. The van der Waals surface area contributed by atoms with Crippen LogP contribution >= 0.6 is 0 Å². The highest BCUT2D eigenvalue weighted by molar-refractivity contribution is 6.09. The Morgan fingerprint density at radius 1 is 1.06 bits per heavy atom. The maximum absolute atomic E-state index is 15.1. The summed E-state index contributed by atoms with van der Waals surface area (Å²) in [6, 6.07) is 7.28. The Hall–Kier alpha value is -4.95. The van der Waals surface area contributed by atoms with Crippen molar-refractivity contribution in [3.05, 3.63) is 95.2 Å². The molecule has 3 aromatic heterocycles. The highest BCUT2D eigenvalue weighted by Gasteiger charge is 2.36. The van der Waals surface area contributed by atoms with Gasteiger partial charge in [-0.3, -0.25) is 14.0 Å². The van der Waals surface area contributed by atoms with E-state index in [-0.39, 0.29) is 40.2 Å². The smallest absolute Gasteiger partial charge is 0.381 e. The fraction of sp³-hybridized carbons (Fsp3) is 0.333. The number of hydrogen-bond acceptors (Lipinski definition) is 6. The van der Waals surface area contributed by atoms with Crippen LogP contribution in [-0.2, 0) is 28.7 Å². The van der Waals surface area contributed by atoms with Crippen molar-refractivity contribution in [2.45, 2.75) is 63.4 Å². The number of ether oxygens (including phenoxy) is 1. The molecule has 50 heavy (non-hydrogen) atoms. The van der Waals surface area contributed by atoms with Gasteiger partial charge in [0.05, 0.1) is 28.9 Å². The Balaban J connectivity index is 1.10. The molecule has 0 unspecified atom stereocenters. The third-order valence-electron chi connectivity index (χ3n) is 9.47. The van der Waals surface area contributed by atoms with E-state index >= 15 is 8.78 Å². The molecule has 4 heterocycles. The number of aromatic nitrogens is 4. The molecule has 1 aliphatic heterocycles. The van der Waals surface area contributed by atoms with Crippen LogP contribution in [0.1, 0.15) is 59.5 Å². The number of imidazole rings is 2. The highest BCUT2D eigenvalue weighted by atomic mass is 19.4. The number of ketones is 1. The van der Waals surface area contributed by atoms with Crippen LogP contribution in [0.25, 0.3) is 27.8 Å². The van der Waals surface area contributed by atoms with Crippen LogP contribution in [0.3, 0.4) is 0 Å². The second-order valence-electron chi connectivity index (χ2n) is 12.6. The lowest BCUT2D eigenvalue weighted by molar-refractivity contribution is -0.137. The number of rotatable bonds is 9. The van der Waals surface area contributed by atoms with Gasteiger partial charge in [0.25, 0.3) is 0 Å². The average molecular weight is 693 g/mol. The summed E-state index contributed by atoms with van der Waals surface area (Å²) in [7, 11) is 1.70. The number of carbonyl (C=O) groups is 2. The molecular formula is C36H33F5N6O3. The van der Waals surface area contributed by atoms with E-state index < -0.39 is 40.8 Å². The predicted octanol–water partition coefficient (Wildman–Crippen LogP) is 6.87. The summed E-state index contributed by atoms with van der Waals surface area (Å²) in [5, 5.41) is 5.50. The molecule has 260 valence electrons. The zero-order chi connectivity index (χ0) is 35.2. The number of nitrogens with one attached hydrogen (secondary N) is 2. The summed E-state index contributed by atoms with van der Waals surface area (Å²) in [5.74, 6) is -3.20. The van der Waals surface area contributed by atoms with Gasteiger partial charge in [-0.15, -0.1) is 0 Å². The quantitative estimate of drug-likeness (QED) is 0.0994. The predicted molar refractivity (Wildman–Crippen MR) is 176 cm³/mol. The van der Waals surface area contributed by atoms with Crippen LogP contribution in [0, 0.1) is 11.6 Å². The Morgan fingerprint density at radius 2 is 1.82 bits per heavy atom. The van der Waals surface area contributed by atoms with Crippen molar-refractivity contribution in [3.63, 3.8) is 0 Å². The number of alkyl halides is 3. The highest BCUT2D eigenvalue weighted by Crippen LogP contribution is 2.41. The fourth-order valence-corrected chi connectivity index (χ4v) is 6.94. The van der Waals surface area contributed by atoms with E-state index in [4.69, 9.17) is 4.74 Å². The van der Waals surface area contributed by atoms with E-state index in [9.17, 15) is 22.8 Å². The lowest BCUT2D eigenvalue weighted by atomic mass is 9.93. The SMILES string of the molecule is COC1CCC(NC/C=C/C(=O)Nc2c(F)cc(C(=O)c3cnc4c(-c5cc6nc7n(c6cc5C(F)(F)F)CCC7)cccn34)cc2F)CC1. The minimum absolute atomic E-state index is 0.0428. The number of fused-ring (bicyclic) bond motifs is 4. The van der Waals surface area contributed by atoms with Gasteiger partial charge in [0.15, 0.2) is 0 Å². The zero-order valence-corrected chi connectivity index (χ0v) is 27.0. The maximum atomic E-state index is 15.1. The number of methoxy groups -OCH3 is 1. The molecule has 2 aromatic carbocycles. The van der Waals surface area contributed by atoms with Gasteiger partial charge in [0.1, 0.15) is 34.5 Å². The molecule has 0 spiro atoms. The van der Waals surface area contributed by atoms with Gasteiger partial charge in [-0.25, -0.2) is 18.7 Å². The molecule has 2 aliphatic rings. The van der Waals surface area contributed by atoms with E-state index in [0.717, 1.165) is 62.3 Å². The monoisotopic (exact) mass is 692 g/mol. The minimum Gasteiger partial charge on any atom is -0.381 e. The second-order valence-corrected chi connectivity index (χ2v) is 12.6. The van der Waals surface area contributed by atoms with Gasteiger partial charge >= 0.3 is 6.18 Å². The summed E-state index contributed by atoms with van der Waals surface area (Å²) in [6.07, 6.45) is 6.13. The lowest BCUT2D eigenvalue weighted by Gasteiger charge is -2.27. The van der Waals surface area contributed by atoms with Crippen LogP contribution < -0.4 is 10.6 Å². The van der Waals surface area contributed by atoms with Gasteiger partial charge < -0.3 is 19.9 Å². The van der Waals surface area contributed by atoms with Crippen molar-refractivity contribution in [3.8, 4) is 11.1 Å². The number of halogens is 5. The number of benzene rings is 2. The van der Waals surface area contributed by atoms with Crippen LogP contribution in [0.4, 0.5) is 27.6 Å². The number of hydrogen-bond donors (Lipinski definition) is 2. The average Bonchev–Trinajstić information content (AvgIpc) is 3.82. The molecule has 9 nitrogen and oxygen atoms in total. The molecule has 0 saturated heterocycles. The van der Waals surface area contributed by atoms with Crippen molar-refractivity contribution in [1.82, 2.24) is 24.3 Å². The third kappa shape index (κ3) is 6.40. The number of nitrogens with zero attached hydrogens (tertiary/aromatic N) is 4. The van der Waals surface area contributed by atoms with Crippen LogP contribution in [0.15, 0.2) is 60.9 Å². The molecule has 5 aromatic rings. The van der Waals surface area contributed by atoms with Crippen molar-refractivity contribution < 1.29 is 36.3 Å². The molecule has 1 fully saturated rings. The first kappa shape index (κ1) is 33.5. The molecule has 7 rings (SSSR count). The maximum Gasteiger partial charge on any atom is 0.417 e. The standard InChI is InChI=1S/C36H33F5N6O3/c1-50-22-10-8-21(9-11-22)42-12-2-7-32(48)45-33-26(37)15-20(16-27(33)38)34(49)30-19-43-35-23(5-3-14-47(30)35)24-17-28-29(18-25(24)36(39,40)41)46-13-4-6-31(46)44-28/h2-3,5,7,14-19,21-22,42H,4,6,8-13H2,1H3,(H,45,48)/b7-2+. The first-order chi connectivity index (χ1) is 24.0. The summed E-state index contributed by atoms with van der Waals surface area (Å²) in [6.45, 7) is 0.983. The normalized spacial score (nSPS) is 18.0. The van der Waals surface area contributed by atoms with Gasteiger partial charge in [-0.2, -0.15) is 13.2 Å². The van der Waals surface area contributed by atoms with Crippen molar-refractivity contribution >= 4 is 34.1 Å². The molecule has 0 radical (unpaired) electrons. The minimum atomic E-state index is -4.70. The summed E-state index contributed by atoms with van der Waals surface area (Å²) in [5.41, 5.74) is -1.30. The van der Waals surface area contributed by atoms with Crippen molar-refractivity contribution in [2.24, 2.45) is 0 Å². The number of anilines is 1. The lowest BCUT2D eigenvalue weighted by Crippen LogP contribution is -2.35. The Labute approximate surface area is 283 Å². The van der Waals surface area contributed by atoms with Gasteiger partial charge in [-0.05, 0) is 74.1 Å². The number of aryl methyl sites for hydroxylation is 2. The van der Waals surface area contributed by atoms with E-state index in [2.05, 4.69) is 20.6 Å². The van der Waals surface area contributed by atoms with Crippen LogP contribution in [0.2, 0.25) is 0 Å². The molecular weight excluding hydrogens is 659 g/mol. The molecule has 0 atom stereocenters. The number of carbonyl (C=O) groups excluding carboxylic acids is 2. The van der Waals surface area contributed by atoms with Gasteiger partial charge in [0, 0.05) is 56.1 Å². The van der Waals surface area contributed by atoms with E-state index in [0.29, 0.717) is 30.5 Å². The Kier molecular flexibility index (Phi) is 8.99. The molecule has 0 bridgehead atoms. The topological polar surface area (TPSA) is 103 Å². The van der Waals surface area contributed by atoms with E-state index in [1.54, 1.807) is 17.8 Å². The van der Waals surface area contributed by atoms with Gasteiger partial charge in [0.2, 0.25) is 11.7 Å². The van der Waals surface area contributed by atoms with Crippen LogP contribution in [0.5, 0.6) is 0 Å². The summed E-state index contributed by atoms with van der Waals surface area (Å²) in [4.78, 5) is 34.7. The summed E-state index contributed by atoms with van der Waals surface area (Å²) >= 11 is 0. The third-order valence-corrected chi connectivity index (χ3v) is 9.47. The molecule has 1 aliphatic carbocycles. The van der Waals surface area contributed by atoms with E-state index in [1.165, 1.54) is 34.9 Å². The molecule has 2 N–H and O–H groups in total. The fourth-order valence-electron chi connectivity index (χ4n) is 6.94. The molecule has 14 heteroatoms. The van der Waals surface area contributed by atoms with Gasteiger partial charge in [-0.1, -0.05) is 6.08 Å². The Bertz CT molecular complexity index is 2120. The largest absolute Gasteiger partial charge is 0.417 e. The zero-order valence-electron chi connectivity index (χ0n) is 27.0. The second kappa shape index (κ2) is 13.4. The van der Waals surface area contributed by atoms with Crippen LogP contribution in [-0.4, -0.2) is 56.4 Å². The molecule has 1 amide bonds. The van der Waals surface area contributed by atoms with E-state index in [1.807, 2.05) is 0 Å². The van der Waals surface area contributed by atoms with Crippen molar-refractivity contribution in [1.29, 1.82) is 0 Å².